The van der Waals surface area contributed by atoms with Crippen molar-refractivity contribution < 1.29 is 9.18 Å². The number of amides is 1. The minimum absolute atomic E-state index is 0.0229. The third kappa shape index (κ3) is 2.45. The molecule has 0 aliphatic carbocycles. The lowest BCUT2D eigenvalue weighted by molar-refractivity contribution is -0.115. The maximum atomic E-state index is 13.1. The van der Waals surface area contributed by atoms with Crippen LogP contribution in [-0.2, 0) is 4.79 Å². The van der Waals surface area contributed by atoms with Crippen LogP contribution < -0.4 is 4.90 Å². The first-order valence-electron chi connectivity index (χ1n) is 4.75. The lowest BCUT2D eigenvalue weighted by atomic mass is 10.3. The topological polar surface area (TPSA) is 33.2 Å². The van der Waals surface area contributed by atoms with E-state index in [1.807, 2.05) is 0 Å². The van der Waals surface area contributed by atoms with E-state index in [2.05, 4.69) is 4.98 Å². The summed E-state index contributed by atoms with van der Waals surface area (Å²) < 4.78 is 13.1. The monoisotopic (exact) mass is 270 g/mol. The number of hydrogen-bond donors (Lipinski definition) is 0. The summed E-state index contributed by atoms with van der Waals surface area (Å²) >= 11 is 7.02. The van der Waals surface area contributed by atoms with Gasteiger partial charge >= 0.3 is 0 Å². The maximum absolute atomic E-state index is 13.1. The maximum Gasteiger partial charge on any atom is 0.230 e. The molecule has 1 heterocycles. The molecule has 0 saturated carbocycles. The van der Waals surface area contributed by atoms with Gasteiger partial charge in [0.15, 0.2) is 5.13 Å². The van der Waals surface area contributed by atoms with Crippen LogP contribution in [0.4, 0.5) is 15.2 Å². The molecule has 1 aromatic carbocycles. The van der Waals surface area contributed by atoms with E-state index in [0.717, 1.165) is 0 Å². The van der Waals surface area contributed by atoms with Crippen molar-refractivity contribution in [1.29, 1.82) is 0 Å². The Kier molecular flexibility index (Phi) is 3.40. The fraction of sp³-hybridized carbons (Fsp3) is 0.0909. The van der Waals surface area contributed by atoms with Crippen LogP contribution >= 0.6 is 22.9 Å². The molecular formula is C11H8ClFN2OS. The smallest absolute Gasteiger partial charge is 0.230 e. The van der Waals surface area contributed by atoms with Crippen molar-refractivity contribution in [1.82, 2.24) is 4.98 Å². The predicted molar refractivity (Wildman–Crippen MR) is 66.3 cm³/mol. The third-order valence-corrected chi connectivity index (χ3v) is 3.13. The zero-order chi connectivity index (χ0) is 12.4. The normalized spacial score (nSPS) is 10.3. The van der Waals surface area contributed by atoms with Gasteiger partial charge in [0.25, 0.3) is 0 Å². The van der Waals surface area contributed by atoms with E-state index < -0.39 is 5.82 Å². The molecule has 0 fully saturated rings. The summed E-state index contributed by atoms with van der Waals surface area (Å²) in [7, 11) is 0. The minimum Gasteiger partial charge on any atom is -0.274 e. The van der Waals surface area contributed by atoms with E-state index in [9.17, 15) is 9.18 Å². The first kappa shape index (κ1) is 12.0. The lowest BCUT2D eigenvalue weighted by Gasteiger charge is -2.18. The van der Waals surface area contributed by atoms with Crippen molar-refractivity contribution in [2.24, 2.45) is 0 Å². The van der Waals surface area contributed by atoms with Gasteiger partial charge in [0.1, 0.15) is 5.82 Å². The Bertz CT molecular complexity index is 544. The number of benzene rings is 1. The molecule has 0 spiro atoms. The van der Waals surface area contributed by atoms with Gasteiger partial charge in [-0.1, -0.05) is 11.6 Å². The van der Waals surface area contributed by atoms with Gasteiger partial charge in [-0.25, -0.2) is 9.37 Å². The average Bonchev–Trinajstić information content (AvgIpc) is 2.76. The highest BCUT2D eigenvalue weighted by atomic mass is 35.5. The molecule has 1 amide bonds. The molecule has 0 bridgehead atoms. The van der Waals surface area contributed by atoms with Crippen LogP contribution in [0.5, 0.6) is 0 Å². The van der Waals surface area contributed by atoms with E-state index in [4.69, 9.17) is 11.6 Å². The number of hydrogen-bond acceptors (Lipinski definition) is 3. The highest BCUT2D eigenvalue weighted by molar-refractivity contribution is 7.13. The molecule has 0 N–H and O–H groups in total. The Labute approximate surface area is 106 Å². The highest BCUT2D eigenvalue weighted by Gasteiger charge is 2.17. The molecule has 2 aromatic rings. The Balaban J connectivity index is 2.47. The molecule has 2 rings (SSSR count). The molecule has 17 heavy (non-hydrogen) atoms. The SMILES string of the molecule is CC(=O)N(c1ccc(F)c(Cl)c1)c1nccs1. The summed E-state index contributed by atoms with van der Waals surface area (Å²) in [4.78, 5) is 17.0. The number of aromatic nitrogens is 1. The van der Waals surface area contributed by atoms with Gasteiger partial charge < -0.3 is 0 Å². The number of rotatable bonds is 2. The number of carbonyl (C=O) groups is 1. The fourth-order valence-corrected chi connectivity index (χ4v) is 2.26. The van der Waals surface area contributed by atoms with E-state index in [1.165, 1.54) is 41.4 Å². The number of halogens is 2. The Hall–Kier alpha value is -1.46. The lowest BCUT2D eigenvalue weighted by Crippen LogP contribution is -2.22. The molecule has 0 unspecified atom stereocenters. The van der Waals surface area contributed by atoms with Crippen molar-refractivity contribution in [2.45, 2.75) is 6.92 Å². The summed E-state index contributed by atoms with van der Waals surface area (Å²) in [5, 5.41) is 2.27. The Morgan fingerprint density at radius 2 is 2.29 bits per heavy atom. The van der Waals surface area contributed by atoms with Gasteiger partial charge in [-0.15, -0.1) is 11.3 Å². The van der Waals surface area contributed by atoms with Crippen LogP contribution in [0.2, 0.25) is 5.02 Å². The van der Waals surface area contributed by atoms with Crippen LogP contribution in [0.3, 0.4) is 0 Å². The Morgan fingerprint density at radius 1 is 1.53 bits per heavy atom. The van der Waals surface area contributed by atoms with Crippen molar-refractivity contribution in [3.05, 3.63) is 40.6 Å². The van der Waals surface area contributed by atoms with Gasteiger partial charge in [-0.05, 0) is 18.2 Å². The highest BCUT2D eigenvalue weighted by Crippen LogP contribution is 2.30. The Morgan fingerprint density at radius 3 is 2.82 bits per heavy atom. The van der Waals surface area contributed by atoms with E-state index in [0.29, 0.717) is 10.8 Å². The van der Waals surface area contributed by atoms with E-state index in [1.54, 1.807) is 11.6 Å². The fourth-order valence-electron chi connectivity index (χ4n) is 1.38. The van der Waals surface area contributed by atoms with Crippen molar-refractivity contribution in [2.75, 3.05) is 4.90 Å². The number of anilines is 2. The van der Waals surface area contributed by atoms with Crippen LogP contribution in [0, 0.1) is 5.82 Å². The summed E-state index contributed by atoms with van der Waals surface area (Å²) in [6, 6.07) is 4.12. The van der Waals surface area contributed by atoms with Crippen LogP contribution in [0.25, 0.3) is 0 Å². The van der Waals surface area contributed by atoms with Crippen LogP contribution in [0.15, 0.2) is 29.8 Å². The molecule has 0 saturated heterocycles. The number of nitrogens with zero attached hydrogens (tertiary/aromatic N) is 2. The molecule has 1 aromatic heterocycles. The van der Waals surface area contributed by atoms with Gasteiger partial charge in [0.2, 0.25) is 5.91 Å². The van der Waals surface area contributed by atoms with Crippen molar-refractivity contribution >= 4 is 39.7 Å². The second-order valence-electron chi connectivity index (χ2n) is 3.27. The summed E-state index contributed by atoms with van der Waals surface area (Å²) in [6.07, 6.45) is 1.60. The van der Waals surface area contributed by atoms with Gasteiger partial charge in [-0.2, -0.15) is 0 Å². The van der Waals surface area contributed by atoms with Crippen molar-refractivity contribution in [3.8, 4) is 0 Å². The van der Waals surface area contributed by atoms with Gasteiger partial charge in [0.05, 0.1) is 10.7 Å². The zero-order valence-corrected chi connectivity index (χ0v) is 10.4. The molecule has 0 radical (unpaired) electrons. The third-order valence-electron chi connectivity index (χ3n) is 2.09. The molecule has 0 aliphatic rings. The second-order valence-corrected chi connectivity index (χ2v) is 4.55. The standard InChI is InChI=1S/C11H8ClFN2OS/c1-7(16)15(11-14-4-5-17-11)8-2-3-10(13)9(12)6-8/h2-6H,1H3. The first-order chi connectivity index (χ1) is 8.09. The molecule has 6 heteroatoms. The molecule has 88 valence electrons. The zero-order valence-electron chi connectivity index (χ0n) is 8.85. The number of carbonyl (C=O) groups excluding carboxylic acids is 1. The van der Waals surface area contributed by atoms with Crippen molar-refractivity contribution in [3.63, 3.8) is 0 Å². The number of thiazole rings is 1. The van der Waals surface area contributed by atoms with E-state index in [-0.39, 0.29) is 10.9 Å². The first-order valence-corrected chi connectivity index (χ1v) is 6.00. The molecule has 0 atom stereocenters. The second kappa shape index (κ2) is 4.81. The summed E-state index contributed by atoms with van der Waals surface area (Å²) in [5.41, 5.74) is 0.499. The summed E-state index contributed by atoms with van der Waals surface area (Å²) in [6.45, 7) is 1.42. The molecular weight excluding hydrogens is 263 g/mol. The van der Waals surface area contributed by atoms with Crippen LogP contribution in [0.1, 0.15) is 6.92 Å². The average molecular weight is 271 g/mol. The van der Waals surface area contributed by atoms with E-state index >= 15 is 0 Å². The quantitative estimate of drug-likeness (QED) is 0.835. The van der Waals surface area contributed by atoms with Gasteiger partial charge in [-0.3, -0.25) is 9.69 Å². The molecule has 3 nitrogen and oxygen atoms in total. The minimum atomic E-state index is -0.516. The van der Waals surface area contributed by atoms with Crippen LogP contribution in [-0.4, -0.2) is 10.9 Å². The summed E-state index contributed by atoms with van der Waals surface area (Å²) in [5.74, 6) is -0.722. The van der Waals surface area contributed by atoms with Gasteiger partial charge in [0, 0.05) is 18.5 Å². The predicted octanol–water partition coefficient (Wildman–Crippen LogP) is 3.62. The largest absolute Gasteiger partial charge is 0.274 e. The molecule has 0 aliphatic heterocycles.